The van der Waals surface area contributed by atoms with Gasteiger partial charge in [-0.25, -0.2) is 8.42 Å². The first kappa shape index (κ1) is 28.7. The number of carbonyl (C=O) groups excluding carboxylic acids is 2. The van der Waals surface area contributed by atoms with Crippen LogP contribution >= 0.6 is 0 Å². The molecule has 8 nitrogen and oxygen atoms in total. The third-order valence-electron chi connectivity index (χ3n) is 6.33. The Bertz CT molecular complexity index is 1380. The Hall–Kier alpha value is -3.85. The summed E-state index contributed by atoms with van der Waals surface area (Å²) in [4.78, 5) is 28.2. The van der Waals surface area contributed by atoms with Gasteiger partial charge in [-0.2, -0.15) is 0 Å². The molecule has 3 aromatic carbocycles. The first-order valence-electron chi connectivity index (χ1n) is 12.4. The molecule has 9 heteroatoms. The average molecular weight is 538 g/mol. The number of likely N-dealkylation sites (N-methyl/N-ethyl adjacent to an activating group) is 1. The molecule has 1 atom stereocenters. The highest BCUT2D eigenvalue weighted by molar-refractivity contribution is 7.92. The number of amides is 2. The molecule has 3 aromatic rings. The third kappa shape index (κ3) is 6.52. The quantitative estimate of drug-likeness (QED) is 0.398. The van der Waals surface area contributed by atoms with Crippen molar-refractivity contribution in [3.8, 4) is 5.75 Å². The highest BCUT2D eigenvalue weighted by Crippen LogP contribution is 2.33. The number of benzene rings is 3. The van der Waals surface area contributed by atoms with Gasteiger partial charge in [-0.05, 0) is 68.7 Å². The molecule has 2 amide bonds. The zero-order valence-electron chi connectivity index (χ0n) is 22.5. The largest absolute Gasteiger partial charge is 0.495 e. The van der Waals surface area contributed by atoms with Crippen molar-refractivity contribution >= 4 is 27.5 Å². The van der Waals surface area contributed by atoms with Gasteiger partial charge in [-0.1, -0.05) is 48.5 Å². The van der Waals surface area contributed by atoms with Gasteiger partial charge in [0.15, 0.2) is 0 Å². The summed E-state index contributed by atoms with van der Waals surface area (Å²) in [7, 11) is -2.71. The molecule has 0 aromatic heterocycles. The van der Waals surface area contributed by atoms with Crippen molar-refractivity contribution in [3.63, 3.8) is 0 Å². The molecule has 38 heavy (non-hydrogen) atoms. The van der Waals surface area contributed by atoms with Crippen molar-refractivity contribution in [2.24, 2.45) is 0 Å². The minimum atomic E-state index is -4.16. The fourth-order valence-electron chi connectivity index (χ4n) is 4.10. The van der Waals surface area contributed by atoms with Gasteiger partial charge in [-0.3, -0.25) is 13.9 Å². The highest BCUT2D eigenvalue weighted by Gasteiger charge is 2.33. The summed E-state index contributed by atoms with van der Waals surface area (Å²) in [6.45, 7) is 7.24. The first-order valence-corrected chi connectivity index (χ1v) is 13.9. The molecule has 0 saturated heterocycles. The number of hydrogen-bond acceptors (Lipinski definition) is 5. The molecule has 0 radical (unpaired) electrons. The Labute approximate surface area is 225 Å². The Morgan fingerprint density at radius 1 is 0.974 bits per heavy atom. The maximum atomic E-state index is 14.0. The molecule has 1 unspecified atom stereocenters. The van der Waals surface area contributed by atoms with Gasteiger partial charge in [0.25, 0.3) is 10.0 Å². The average Bonchev–Trinajstić information content (AvgIpc) is 2.91. The summed E-state index contributed by atoms with van der Waals surface area (Å²) < 4.78 is 34.4. The van der Waals surface area contributed by atoms with Crippen LogP contribution in [-0.4, -0.2) is 51.4 Å². The molecule has 0 aliphatic heterocycles. The van der Waals surface area contributed by atoms with E-state index in [1.807, 2.05) is 38.1 Å². The topological polar surface area (TPSA) is 96.0 Å². The predicted octanol–water partition coefficient (Wildman–Crippen LogP) is 4.06. The van der Waals surface area contributed by atoms with E-state index in [9.17, 15) is 18.0 Å². The van der Waals surface area contributed by atoms with Gasteiger partial charge in [-0.15, -0.1) is 0 Å². The normalized spacial score (nSPS) is 11.9. The number of hydrogen-bond donors (Lipinski definition) is 1. The summed E-state index contributed by atoms with van der Waals surface area (Å²) in [6, 6.07) is 19.8. The Balaban J connectivity index is 2.10. The highest BCUT2D eigenvalue weighted by atomic mass is 32.2. The van der Waals surface area contributed by atoms with Crippen molar-refractivity contribution in [3.05, 3.63) is 89.5 Å². The van der Waals surface area contributed by atoms with Crippen LogP contribution in [0.15, 0.2) is 77.7 Å². The lowest BCUT2D eigenvalue weighted by Gasteiger charge is -2.32. The summed E-state index contributed by atoms with van der Waals surface area (Å²) in [5, 5.41) is 2.76. The van der Waals surface area contributed by atoms with E-state index in [0.717, 1.165) is 21.0 Å². The monoisotopic (exact) mass is 537 g/mol. The molecule has 0 fully saturated rings. The van der Waals surface area contributed by atoms with Crippen LogP contribution in [0.5, 0.6) is 5.75 Å². The van der Waals surface area contributed by atoms with Gasteiger partial charge < -0.3 is 15.0 Å². The van der Waals surface area contributed by atoms with Crippen LogP contribution in [0.3, 0.4) is 0 Å². The molecular formula is C29H35N3O5S. The van der Waals surface area contributed by atoms with E-state index in [4.69, 9.17) is 4.74 Å². The zero-order valence-corrected chi connectivity index (χ0v) is 23.3. The minimum Gasteiger partial charge on any atom is -0.495 e. The van der Waals surface area contributed by atoms with E-state index in [1.165, 1.54) is 24.1 Å². The van der Waals surface area contributed by atoms with E-state index in [1.54, 1.807) is 50.2 Å². The summed E-state index contributed by atoms with van der Waals surface area (Å²) in [5.41, 5.74) is 2.87. The summed E-state index contributed by atoms with van der Waals surface area (Å²) >= 11 is 0. The van der Waals surface area contributed by atoms with Crippen LogP contribution in [0.4, 0.5) is 5.69 Å². The molecular weight excluding hydrogens is 502 g/mol. The molecule has 1 N–H and O–H groups in total. The lowest BCUT2D eigenvalue weighted by Crippen LogP contribution is -2.51. The number of methoxy groups -OCH3 is 1. The fraction of sp³-hybridized carbons (Fsp3) is 0.310. The number of anilines is 1. The first-order chi connectivity index (χ1) is 18.1. The predicted molar refractivity (Wildman–Crippen MR) is 149 cm³/mol. The number of nitrogens with zero attached hydrogens (tertiary/aromatic N) is 2. The molecule has 0 heterocycles. The summed E-state index contributed by atoms with van der Waals surface area (Å²) in [6.07, 6.45) is 0. The Morgan fingerprint density at radius 2 is 1.63 bits per heavy atom. The van der Waals surface area contributed by atoms with Crippen LogP contribution in [0.2, 0.25) is 0 Å². The van der Waals surface area contributed by atoms with E-state index >= 15 is 0 Å². The Kier molecular flexibility index (Phi) is 9.52. The molecule has 0 spiro atoms. The van der Waals surface area contributed by atoms with Crippen LogP contribution in [-0.2, 0) is 26.2 Å². The number of ether oxygens (including phenoxy) is 1. The molecule has 0 aliphatic carbocycles. The van der Waals surface area contributed by atoms with Gasteiger partial charge in [0.05, 0.1) is 17.7 Å². The number of aryl methyl sites for hydroxylation is 2. The van der Waals surface area contributed by atoms with Gasteiger partial charge in [0.2, 0.25) is 11.8 Å². The van der Waals surface area contributed by atoms with Crippen molar-refractivity contribution in [2.75, 3.05) is 24.5 Å². The standard InChI is InChI=1S/C29H35N3O5S/c1-6-30-29(34)23(4)31(19-24-13-11-10-12-22(24)3)28(33)20-32(26-18-21(2)16-17-27(26)37-5)38(35,36)25-14-8-7-9-15-25/h7-18,23H,6,19-20H2,1-5H3,(H,30,34). The summed E-state index contributed by atoms with van der Waals surface area (Å²) in [5.74, 6) is -0.528. The SMILES string of the molecule is CCNC(=O)C(C)N(Cc1ccccc1C)C(=O)CN(c1cc(C)ccc1OC)S(=O)(=O)c1ccccc1. The number of nitrogens with one attached hydrogen (secondary N) is 1. The van der Waals surface area contributed by atoms with Gasteiger partial charge >= 0.3 is 0 Å². The van der Waals surface area contributed by atoms with Crippen molar-refractivity contribution in [1.29, 1.82) is 0 Å². The van der Waals surface area contributed by atoms with Crippen molar-refractivity contribution < 1.29 is 22.7 Å². The Morgan fingerprint density at radius 3 is 2.26 bits per heavy atom. The second-order valence-electron chi connectivity index (χ2n) is 9.02. The maximum Gasteiger partial charge on any atom is 0.264 e. The minimum absolute atomic E-state index is 0.0404. The maximum absolute atomic E-state index is 14.0. The lowest BCUT2D eigenvalue weighted by molar-refractivity contribution is -0.139. The van der Waals surface area contributed by atoms with Gasteiger partial charge in [0.1, 0.15) is 18.3 Å². The molecule has 0 saturated carbocycles. The number of rotatable bonds is 11. The van der Waals surface area contributed by atoms with E-state index in [-0.39, 0.29) is 23.0 Å². The van der Waals surface area contributed by atoms with Crippen LogP contribution in [0.25, 0.3) is 0 Å². The number of sulfonamides is 1. The van der Waals surface area contributed by atoms with Gasteiger partial charge in [0, 0.05) is 13.1 Å². The van der Waals surface area contributed by atoms with E-state index < -0.39 is 28.5 Å². The zero-order chi connectivity index (χ0) is 27.9. The smallest absolute Gasteiger partial charge is 0.264 e. The second-order valence-corrected chi connectivity index (χ2v) is 10.9. The second kappa shape index (κ2) is 12.6. The molecule has 0 bridgehead atoms. The van der Waals surface area contributed by atoms with Crippen LogP contribution < -0.4 is 14.4 Å². The third-order valence-corrected chi connectivity index (χ3v) is 8.11. The number of carbonyl (C=O) groups is 2. The lowest BCUT2D eigenvalue weighted by atomic mass is 10.1. The van der Waals surface area contributed by atoms with Crippen molar-refractivity contribution in [1.82, 2.24) is 10.2 Å². The fourth-order valence-corrected chi connectivity index (χ4v) is 5.54. The molecule has 3 rings (SSSR count). The van der Waals surface area contributed by atoms with Crippen molar-refractivity contribution in [2.45, 2.75) is 45.2 Å². The molecule has 202 valence electrons. The molecule has 0 aliphatic rings. The van der Waals surface area contributed by atoms with E-state index in [0.29, 0.717) is 12.3 Å². The van der Waals surface area contributed by atoms with Crippen LogP contribution in [0.1, 0.15) is 30.5 Å². The van der Waals surface area contributed by atoms with E-state index in [2.05, 4.69) is 5.32 Å². The van der Waals surface area contributed by atoms with Crippen LogP contribution in [0, 0.1) is 13.8 Å².